The highest BCUT2D eigenvalue weighted by molar-refractivity contribution is 5.55. The molecule has 2 rings (SSSR count). The van der Waals surface area contributed by atoms with Crippen LogP contribution in [0, 0.1) is 6.92 Å². The van der Waals surface area contributed by atoms with Gasteiger partial charge in [-0.05, 0) is 6.92 Å². The van der Waals surface area contributed by atoms with Crippen molar-refractivity contribution >= 4 is 11.6 Å². The van der Waals surface area contributed by atoms with E-state index in [-0.39, 0.29) is 12.7 Å². The third kappa shape index (κ3) is 2.07. The molecular weight excluding hydrogens is 208 g/mol. The van der Waals surface area contributed by atoms with Crippen LogP contribution in [0.4, 0.5) is 11.6 Å². The van der Waals surface area contributed by atoms with Crippen molar-refractivity contribution in [3.05, 3.63) is 11.9 Å². The van der Waals surface area contributed by atoms with Gasteiger partial charge in [0.15, 0.2) is 0 Å². The smallest absolute Gasteiger partial charge is 0.137 e. The van der Waals surface area contributed by atoms with Crippen LogP contribution in [0.15, 0.2) is 6.33 Å². The summed E-state index contributed by atoms with van der Waals surface area (Å²) in [5.74, 6) is 1.33. The summed E-state index contributed by atoms with van der Waals surface area (Å²) in [5, 5.41) is 9.07. The lowest BCUT2D eigenvalue weighted by molar-refractivity contribution is 0.00333. The molecular formula is C10H16N4O2. The van der Waals surface area contributed by atoms with Gasteiger partial charge in [0.05, 0.1) is 19.3 Å². The molecule has 3 N–H and O–H groups in total. The molecule has 1 aromatic heterocycles. The Bertz CT molecular complexity index is 372. The molecule has 1 aliphatic heterocycles. The Balaban J connectivity index is 2.20. The molecule has 1 aromatic rings. The average molecular weight is 224 g/mol. The number of aliphatic hydroxyl groups is 1. The van der Waals surface area contributed by atoms with Crippen molar-refractivity contribution in [2.45, 2.75) is 13.0 Å². The molecule has 0 amide bonds. The van der Waals surface area contributed by atoms with Crippen molar-refractivity contribution in [3.63, 3.8) is 0 Å². The van der Waals surface area contributed by atoms with E-state index in [2.05, 4.69) is 14.9 Å². The van der Waals surface area contributed by atoms with Crippen molar-refractivity contribution in [2.75, 3.05) is 36.9 Å². The molecule has 1 fully saturated rings. The second-order valence-corrected chi connectivity index (χ2v) is 3.83. The van der Waals surface area contributed by atoms with E-state index in [1.807, 2.05) is 6.92 Å². The standard InChI is InChI=1S/C10H16N4O2/c1-7-9(11)12-6-13-10(7)14-2-3-16-8(4-14)5-15/h6,8,15H,2-5H2,1H3,(H2,11,12,13). The van der Waals surface area contributed by atoms with Crippen molar-refractivity contribution in [2.24, 2.45) is 0 Å². The van der Waals surface area contributed by atoms with Crippen molar-refractivity contribution in [1.82, 2.24) is 9.97 Å². The molecule has 2 heterocycles. The van der Waals surface area contributed by atoms with Crippen LogP contribution in [0.2, 0.25) is 0 Å². The number of ether oxygens (including phenoxy) is 1. The Hall–Kier alpha value is -1.40. The molecule has 0 radical (unpaired) electrons. The summed E-state index contributed by atoms with van der Waals surface area (Å²) in [4.78, 5) is 10.2. The zero-order valence-electron chi connectivity index (χ0n) is 9.26. The maximum Gasteiger partial charge on any atom is 0.137 e. The largest absolute Gasteiger partial charge is 0.394 e. The first kappa shape index (κ1) is 11.1. The van der Waals surface area contributed by atoms with Gasteiger partial charge in [0.1, 0.15) is 18.0 Å². The van der Waals surface area contributed by atoms with Crippen molar-refractivity contribution < 1.29 is 9.84 Å². The summed E-state index contributed by atoms with van der Waals surface area (Å²) in [6.45, 7) is 3.90. The fourth-order valence-electron chi connectivity index (χ4n) is 1.79. The molecule has 0 aliphatic carbocycles. The second-order valence-electron chi connectivity index (χ2n) is 3.83. The highest BCUT2D eigenvalue weighted by Gasteiger charge is 2.22. The topological polar surface area (TPSA) is 84.5 Å². The van der Waals surface area contributed by atoms with Gasteiger partial charge in [0.25, 0.3) is 0 Å². The van der Waals surface area contributed by atoms with Crippen LogP contribution < -0.4 is 10.6 Å². The SMILES string of the molecule is Cc1c(N)ncnc1N1CCOC(CO)C1. The number of nitrogen functional groups attached to an aromatic ring is 1. The number of aliphatic hydroxyl groups excluding tert-OH is 1. The van der Waals surface area contributed by atoms with Crippen molar-refractivity contribution in [3.8, 4) is 0 Å². The molecule has 0 saturated carbocycles. The van der Waals surface area contributed by atoms with E-state index in [4.69, 9.17) is 15.6 Å². The first-order valence-electron chi connectivity index (χ1n) is 5.27. The predicted molar refractivity (Wildman–Crippen MR) is 60.2 cm³/mol. The van der Waals surface area contributed by atoms with Crippen LogP contribution in [-0.4, -0.2) is 47.5 Å². The monoisotopic (exact) mass is 224 g/mol. The molecule has 1 aliphatic rings. The number of hydrogen-bond donors (Lipinski definition) is 2. The molecule has 0 spiro atoms. The average Bonchev–Trinajstić information content (AvgIpc) is 2.33. The van der Waals surface area contributed by atoms with Gasteiger partial charge in [0, 0.05) is 18.7 Å². The summed E-state index contributed by atoms with van der Waals surface area (Å²) in [6, 6.07) is 0. The minimum atomic E-state index is -0.149. The lowest BCUT2D eigenvalue weighted by Gasteiger charge is -2.33. The normalized spacial score (nSPS) is 21.1. The summed E-state index contributed by atoms with van der Waals surface area (Å²) < 4.78 is 5.38. The number of anilines is 2. The van der Waals surface area contributed by atoms with E-state index in [9.17, 15) is 0 Å². The van der Waals surface area contributed by atoms with Gasteiger partial charge in [-0.1, -0.05) is 0 Å². The van der Waals surface area contributed by atoms with E-state index in [0.29, 0.717) is 19.0 Å². The molecule has 0 aromatic carbocycles. The second kappa shape index (κ2) is 4.63. The quantitative estimate of drug-likeness (QED) is 0.708. The van der Waals surface area contributed by atoms with Gasteiger partial charge >= 0.3 is 0 Å². The van der Waals surface area contributed by atoms with Crippen molar-refractivity contribution in [1.29, 1.82) is 0 Å². The molecule has 1 unspecified atom stereocenters. The Labute approximate surface area is 94.1 Å². The van der Waals surface area contributed by atoms with Crippen LogP contribution in [0.25, 0.3) is 0 Å². The third-order valence-electron chi connectivity index (χ3n) is 2.74. The van der Waals surface area contributed by atoms with Crippen LogP contribution >= 0.6 is 0 Å². The number of morpholine rings is 1. The Morgan fingerprint density at radius 2 is 2.44 bits per heavy atom. The highest BCUT2D eigenvalue weighted by atomic mass is 16.5. The Morgan fingerprint density at radius 3 is 3.19 bits per heavy atom. The fourth-order valence-corrected chi connectivity index (χ4v) is 1.79. The van der Waals surface area contributed by atoms with Crippen LogP contribution in [0.5, 0.6) is 0 Å². The highest BCUT2D eigenvalue weighted by Crippen LogP contribution is 2.21. The van der Waals surface area contributed by atoms with Gasteiger partial charge in [-0.3, -0.25) is 0 Å². The summed E-state index contributed by atoms with van der Waals surface area (Å²) in [5.41, 5.74) is 6.61. The zero-order valence-corrected chi connectivity index (χ0v) is 9.26. The van der Waals surface area contributed by atoms with Gasteiger partial charge in [-0.25, -0.2) is 9.97 Å². The third-order valence-corrected chi connectivity index (χ3v) is 2.74. The van der Waals surface area contributed by atoms with E-state index >= 15 is 0 Å². The minimum Gasteiger partial charge on any atom is -0.394 e. The molecule has 6 heteroatoms. The summed E-state index contributed by atoms with van der Waals surface area (Å²) in [6.07, 6.45) is 1.31. The van der Waals surface area contributed by atoms with Crippen LogP contribution in [0.1, 0.15) is 5.56 Å². The maximum atomic E-state index is 9.07. The Kier molecular flexibility index (Phi) is 3.21. The number of aromatic nitrogens is 2. The van der Waals surface area contributed by atoms with Gasteiger partial charge < -0.3 is 20.5 Å². The number of nitrogens with two attached hydrogens (primary N) is 1. The molecule has 88 valence electrons. The first-order valence-corrected chi connectivity index (χ1v) is 5.27. The number of hydrogen-bond acceptors (Lipinski definition) is 6. The lowest BCUT2D eigenvalue weighted by Crippen LogP contribution is -2.44. The fraction of sp³-hybridized carbons (Fsp3) is 0.600. The first-order chi connectivity index (χ1) is 7.72. The van der Waals surface area contributed by atoms with E-state index < -0.39 is 0 Å². The maximum absolute atomic E-state index is 9.07. The molecule has 0 bridgehead atoms. The van der Waals surface area contributed by atoms with Crippen LogP contribution in [-0.2, 0) is 4.74 Å². The van der Waals surface area contributed by atoms with Gasteiger partial charge in [-0.15, -0.1) is 0 Å². The zero-order chi connectivity index (χ0) is 11.5. The Morgan fingerprint density at radius 1 is 1.62 bits per heavy atom. The lowest BCUT2D eigenvalue weighted by atomic mass is 10.2. The summed E-state index contributed by atoms with van der Waals surface area (Å²) in [7, 11) is 0. The van der Waals surface area contributed by atoms with Gasteiger partial charge in [-0.2, -0.15) is 0 Å². The number of rotatable bonds is 2. The predicted octanol–water partition coefficient (Wildman–Crippen LogP) is -0.435. The number of nitrogens with zero attached hydrogens (tertiary/aromatic N) is 3. The van der Waals surface area contributed by atoms with Gasteiger partial charge in [0.2, 0.25) is 0 Å². The molecule has 6 nitrogen and oxygen atoms in total. The molecule has 16 heavy (non-hydrogen) atoms. The van der Waals surface area contributed by atoms with Crippen LogP contribution in [0.3, 0.4) is 0 Å². The minimum absolute atomic E-state index is 0.0239. The van der Waals surface area contributed by atoms with E-state index in [1.54, 1.807) is 0 Å². The van der Waals surface area contributed by atoms with E-state index in [1.165, 1.54) is 6.33 Å². The summed E-state index contributed by atoms with van der Waals surface area (Å²) >= 11 is 0. The molecule has 1 saturated heterocycles. The molecule has 1 atom stereocenters. The van der Waals surface area contributed by atoms with E-state index in [0.717, 1.165) is 17.9 Å².